The van der Waals surface area contributed by atoms with Gasteiger partial charge in [-0.1, -0.05) is 36.4 Å². The topological polar surface area (TPSA) is 108 Å². The smallest absolute Gasteiger partial charge is 0.261 e. The second-order valence-corrected chi connectivity index (χ2v) is 12.3. The van der Waals surface area contributed by atoms with Crippen LogP contribution in [0.25, 0.3) is 27.2 Å². The summed E-state index contributed by atoms with van der Waals surface area (Å²) in [5.74, 6) is -1.07. The monoisotopic (exact) mass is 628 g/mol. The van der Waals surface area contributed by atoms with Crippen LogP contribution in [0.5, 0.6) is 0 Å². The molecule has 238 valence electrons. The Bertz CT molecular complexity index is 1960. The third-order valence-corrected chi connectivity index (χ3v) is 9.26. The highest BCUT2D eigenvalue weighted by Gasteiger charge is 2.34. The molecule has 0 saturated carbocycles. The molecular formula is C37H36N6O4. The average molecular weight is 629 g/mol. The molecule has 47 heavy (non-hydrogen) atoms. The van der Waals surface area contributed by atoms with Gasteiger partial charge < -0.3 is 9.88 Å². The largest absolute Gasteiger partial charge is 0.315 e. The van der Waals surface area contributed by atoms with E-state index in [0.29, 0.717) is 47.3 Å². The van der Waals surface area contributed by atoms with Gasteiger partial charge in [0.25, 0.3) is 23.6 Å². The fourth-order valence-corrected chi connectivity index (χ4v) is 6.82. The lowest BCUT2D eigenvalue weighted by atomic mass is 9.93. The van der Waals surface area contributed by atoms with E-state index in [-0.39, 0.29) is 42.8 Å². The first-order chi connectivity index (χ1) is 22.8. The molecule has 0 fully saturated rings. The molecule has 0 spiro atoms. The van der Waals surface area contributed by atoms with E-state index in [2.05, 4.69) is 29.0 Å². The van der Waals surface area contributed by atoms with Gasteiger partial charge in [0.1, 0.15) is 0 Å². The Morgan fingerprint density at radius 2 is 1.32 bits per heavy atom. The highest BCUT2D eigenvalue weighted by Crippen LogP contribution is 2.34. The van der Waals surface area contributed by atoms with Crippen molar-refractivity contribution in [2.24, 2.45) is 0 Å². The second kappa shape index (κ2) is 12.5. The number of imidazole rings is 1. The molecule has 5 aromatic rings. The van der Waals surface area contributed by atoms with Gasteiger partial charge in [-0.25, -0.2) is 4.98 Å². The third kappa shape index (κ3) is 5.39. The van der Waals surface area contributed by atoms with Crippen LogP contribution in [0.15, 0.2) is 85.5 Å². The molecule has 0 atom stereocenters. The minimum absolute atomic E-state index is 0.213. The minimum atomic E-state index is -0.276. The van der Waals surface area contributed by atoms with E-state index in [4.69, 9.17) is 0 Å². The first-order valence-electron chi connectivity index (χ1n) is 16.1. The second-order valence-electron chi connectivity index (χ2n) is 12.3. The van der Waals surface area contributed by atoms with E-state index in [0.717, 1.165) is 34.8 Å². The van der Waals surface area contributed by atoms with Crippen LogP contribution in [0.3, 0.4) is 0 Å². The van der Waals surface area contributed by atoms with Crippen LogP contribution >= 0.6 is 0 Å². The van der Waals surface area contributed by atoms with Crippen LogP contribution in [0.2, 0.25) is 0 Å². The highest BCUT2D eigenvalue weighted by atomic mass is 16.2. The first-order valence-corrected chi connectivity index (χ1v) is 16.1. The number of aromatic nitrogens is 2. The lowest BCUT2D eigenvalue weighted by molar-refractivity contribution is 0.0579. The standard InChI is InChI=1S/C37H36N6O4/c1-24(2)40(18-6-15-38-17-20-42-34(44)27-10-3-7-25-8-4-11-28(32(25)27)35(42)45)21-22-43-36(46)29-12-5-9-26-31(41-19-16-39-23-41)14-13-30(33(26)29)37(43)47/h3-5,7-14,16,19,23-24,38H,6,15,17-18,20-22H2,1-2H3. The first kappa shape index (κ1) is 30.5. The molecule has 10 heteroatoms. The van der Waals surface area contributed by atoms with E-state index >= 15 is 0 Å². The number of carbonyl (C=O) groups is 4. The van der Waals surface area contributed by atoms with Crippen molar-refractivity contribution in [1.29, 1.82) is 0 Å². The van der Waals surface area contributed by atoms with E-state index in [1.807, 2.05) is 53.2 Å². The van der Waals surface area contributed by atoms with Crippen molar-refractivity contribution in [2.75, 3.05) is 39.3 Å². The predicted molar refractivity (Wildman–Crippen MR) is 180 cm³/mol. The molecule has 1 N–H and O–H groups in total. The number of nitrogens with zero attached hydrogens (tertiary/aromatic N) is 5. The summed E-state index contributed by atoms with van der Waals surface area (Å²) in [5.41, 5.74) is 3.06. The number of hydrogen-bond acceptors (Lipinski definition) is 7. The Morgan fingerprint density at radius 3 is 1.96 bits per heavy atom. The Hall–Kier alpha value is -5.19. The Kier molecular flexibility index (Phi) is 8.13. The summed E-state index contributed by atoms with van der Waals surface area (Å²) >= 11 is 0. The highest BCUT2D eigenvalue weighted by molar-refractivity contribution is 6.27. The number of nitrogens with one attached hydrogen (secondary N) is 1. The maximum absolute atomic E-state index is 13.6. The number of benzene rings is 4. The van der Waals surface area contributed by atoms with Crippen molar-refractivity contribution in [2.45, 2.75) is 26.3 Å². The lowest BCUT2D eigenvalue weighted by Gasteiger charge is -2.32. The molecule has 0 unspecified atom stereocenters. The Morgan fingerprint density at radius 1 is 0.702 bits per heavy atom. The fourth-order valence-electron chi connectivity index (χ4n) is 6.82. The van der Waals surface area contributed by atoms with Gasteiger partial charge in [-0.3, -0.25) is 33.9 Å². The molecule has 1 aromatic heterocycles. The van der Waals surface area contributed by atoms with Gasteiger partial charge in [0, 0.05) is 83.0 Å². The van der Waals surface area contributed by atoms with Crippen molar-refractivity contribution < 1.29 is 19.2 Å². The average Bonchev–Trinajstić information content (AvgIpc) is 3.62. The van der Waals surface area contributed by atoms with Crippen LogP contribution in [-0.4, -0.2) is 93.2 Å². The van der Waals surface area contributed by atoms with Gasteiger partial charge in [0.05, 0.1) is 12.0 Å². The van der Waals surface area contributed by atoms with Crippen LogP contribution in [-0.2, 0) is 0 Å². The Labute approximate surface area is 272 Å². The SMILES string of the molecule is CC(C)N(CCCNCCN1C(=O)c2cccc3cccc(c23)C1=O)CCN1C(=O)c2cccc3c(-n4ccnc4)ccc(c23)C1=O. The van der Waals surface area contributed by atoms with Crippen LogP contribution in [0.4, 0.5) is 0 Å². The summed E-state index contributed by atoms with van der Waals surface area (Å²) in [6.07, 6.45) is 6.07. The molecule has 4 amide bonds. The van der Waals surface area contributed by atoms with Gasteiger partial charge in [-0.2, -0.15) is 0 Å². The van der Waals surface area contributed by atoms with Crippen molar-refractivity contribution >= 4 is 45.2 Å². The molecule has 2 aliphatic heterocycles. The fraction of sp³-hybridized carbons (Fsp3) is 0.270. The quantitative estimate of drug-likeness (QED) is 0.157. The van der Waals surface area contributed by atoms with Crippen molar-refractivity contribution in [3.63, 3.8) is 0 Å². The number of carbonyl (C=O) groups excluding carboxylic acids is 4. The summed E-state index contributed by atoms with van der Waals surface area (Å²) in [6.45, 7) is 7.28. The van der Waals surface area contributed by atoms with Crippen LogP contribution < -0.4 is 5.32 Å². The van der Waals surface area contributed by atoms with Gasteiger partial charge in [0.15, 0.2) is 0 Å². The van der Waals surface area contributed by atoms with Crippen LogP contribution in [0.1, 0.15) is 61.7 Å². The summed E-state index contributed by atoms with van der Waals surface area (Å²) in [5, 5.41) is 6.53. The minimum Gasteiger partial charge on any atom is -0.315 e. The molecule has 0 bridgehead atoms. The molecule has 3 heterocycles. The molecule has 0 aliphatic carbocycles. The van der Waals surface area contributed by atoms with Gasteiger partial charge >= 0.3 is 0 Å². The zero-order valence-electron chi connectivity index (χ0n) is 26.5. The molecular weight excluding hydrogens is 592 g/mol. The van der Waals surface area contributed by atoms with E-state index < -0.39 is 0 Å². The van der Waals surface area contributed by atoms with Gasteiger partial charge in [0.2, 0.25) is 0 Å². The van der Waals surface area contributed by atoms with Gasteiger partial charge in [-0.05, 0) is 69.1 Å². The van der Waals surface area contributed by atoms with Crippen molar-refractivity contribution in [3.8, 4) is 5.69 Å². The summed E-state index contributed by atoms with van der Waals surface area (Å²) in [4.78, 5) is 62.6. The molecule has 2 aliphatic rings. The number of amides is 4. The lowest BCUT2D eigenvalue weighted by Crippen LogP contribution is -2.46. The number of rotatable bonds is 12. The van der Waals surface area contributed by atoms with Gasteiger partial charge in [-0.15, -0.1) is 0 Å². The molecule has 0 saturated heterocycles. The zero-order valence-corrected chi connectivity index (χ0v) is 26.5. The third-order valence-electron chi connectivity index (χ3n) is 9.26. The maximum atomic E-state index is 13.6. The predicted octanol–water partition coefficient (Wildman–Crippen LogP) is 4.76. The Balaban J connectivity index is 0.935. The zero-order chi connectivity index (χ0) is 32.7. The molecule has 0 radical (unpaired) electrons. The summed E-state index contributed by atoms with van der Waals surface area (Å²) < 4.78 is 1.88. The molecule has 4 aromatic carbocycles. The summed E-state index contributed by atoms with van der Waals surface area (Å²) in [7, 11) is 0. The summed E-state index contributed by atoms with van der Waals surface area (Å²) in [6, 6.07) is 20.6. The van der Waals surface area contributed by atoms with E-state index in [9.17, 15) is 19.2 Å². The molecule has 10 nitrogen and oxygen atoms in total. The maximum Gasteiger partial charge on any atom is 0.261 e. The normalized spacial score (nSPS) is 14.5. The van der Waals surface area contributed by atoms with E-state index in [1.54, 1.807) is 36.8 Å². The number of imide groups is 2. The van der Waals surface area contributed by atoms with E-state index in [1.165, 1.54) is 9.80 Å². The van der Waals surface area contributed by atoms with Crippen molar-refractivity contribution in [3.05, 3.63) is 108 Å². The van der Waals surface area contributed by atoms with Crippen LogP contribution in [0, 0.1) is 0 Å². The number of hydrogen-bond donors (Lipinski definition) is 1. The van der Waals surface area contributed by atoms with Crippen molar-refractivity contribution in [1.82, 2.24) is 29.6 Å². The molecule has 7 rings (SSSR count).